The maximum Gasteiger partial charge on any atom is 0.387 e. The van der Waals surface area contributed by atoms with Crippen LogP contribution in [0.15, 0.2) is 39.9 Å². The Bertz CT molecular complexity index is 820. The molecule has 0 saturated heterocycles. The van der Waals surface area contributed by atoms with Gasteiger partial charge < -0.3 is 19.2 Å². The summed E-state index contributed by atoms with van der Waals surface area (Å²) in [5, 5.41) is 0.659. The highest BCUT2D eigenvalue weighted by atomic mass is 32.2. The van der Waals surface area contributed by atoms with Crippen molar-refractivity contribution < 1.29 is 23.0 Å². The lowest BCUT2D eigenvalue weighted by atomic mass is 10.2. The molecule has 1 aliphatic heterocycles. The number of thioether (sulfide) groups is 1. The van der Waals surface area contributed by atoms with Crippen LogP contribution in [0.1, 0.15) is 6.42 Å². The van der Waals surface area contributed by atoms with E-state index in [1.807, 2.05) is 0 Å². The molecule has 0 fully saturated rings. The summed E-state index contributed by atoms with van der Waals surface area (Å²) in [4.78, 5) is 12.0. The molecule has 0 amide bonds. The number of nitrogens with one attached hydrogen (secondary N) is 1. The molecule has 6 nitrogen and oxygen atoms in total. The number of benzene rings is 1. The minimum atomic E-state index is -2.85. The van der Waals surface area contributed by atoms with Crippen molar-refractivity contribution in [1.82, 2.24) is 9.97 Å². The van der Waals surface area contributed by atoms with E-state index in [0.717, 1.165) is 11.5 Å². The third-order valence-corrected chi connectivity index (χ3v) is 4.49. The third-order valence-electron chi connectivity index (χ3n) is 3.61. The van der Waals surface area contributed by atoms with E-state index in [1.165, 1.54) is 23.9 Å². The number of nitrogens with zero attached hydrogens (tertiary/aromatic N) is 2. The molecule has 0 saturated carbocycles. The maximum absolute atomic E-state index is 12.3. The first-order valence-electron chi connectivity index (χ1n) is 7.53. The van der Waals surface area contributed by atoms with Crippen molar-refractivity contribution in [3.63, 3.8) is 0 Å². The fourth-order valence-corrected chi connectivity index (χ4v) is 3.36. The first kappa shape index (κ1) is 17.5. The molecular weight excluding hydrogens is 352 g/mol. The van der Waals surface area contributed by atoms with Crippen LogP contribution in [0, 0.1) is 0 Å². The Labute approximate surface area is 147 Å². The molecule has 2 aromatic rings. The molecule has 3 rings (SSSR count). The molecule has 25 heavy (non-hydrogen) atoms. The minimum absolute atomic E-state index is 0.0914. The van der Waals surface area contributed by atoms with Crippen LogP contribution in [0.25, 0.3) is 11.0 Å². The summed E-state index contributed by atoms with van der Waals surface area (Å²) >= 11 is 1.45. The summed E-state index contributed by atoms with van der Waals surface area (Å²) in [5.74, 6) is 2.08. The molecule has 0 radical (unpaired) electrons. The van der Waals surface area contributed by atoms with Gasteiger partial charge in [-0.1, -0.05) is 11.8 Å². The molecule has 1 aliphatic rings. The van der Waals surface area contributed by atoms with Gasteiger partial charge in [-0.2, -0.15) is 8.78 Å². The molecule has 0 atom stereocenters. The molecule has 0 spiro atoms. The fraction of sp³-hybridized carbons (Fsp3) is 0.375. The number of hydrogen-bond acceptors (Lipinski definition) is 6. The number of rotatable bonds is 7. The van der Waals surface area contributed by atoms with Crippen LogP contribution in [-0.4, -0.2) is 48.8 Å². The van der Waals surface area contributed by atoms with Gasteiger partial charge in [-0.15, -0.1) is 0 Å². The highest BCUT2D eigenvalue weighted by Gasteiger charge is 2.20. The topological polar surface area (TPSA) is 68.7 Å². The molecule has 134 valence electrons. The van der Waals surface area contributed by atoms with Crippen LogP contribution in [0.5, 0.6) is 5.75 Å². The molecule has 0 aliphatic carbocycles. The summed E-state index contributed by atoms with van der Waals surface area (Å²) in [6.07, 6.45) is 0.714. The molecule has 0 unspecified atom stereocenters. The van der Waals surface area contributed by atoms with Crippen molar-refractivity contribution in [2.45, 2.75) is 18.2 Å². The van der Waals surface area contributed by atoms with Crippen LogP contribution in [0.4, 0.5) is 8.78 Å². The summed E-state index contributed by atoms with van der Waals surface area (Å²) in [7, 11) is 3.20. The molecule has 2 heterocycles. The number of allylic oxidation sites excluding steroid dienone is 1. The Kier molecular flexibility index (Phi) is 5.42. The summed E-state index contributed by atoms with van der Waals surface area (Å²) < 4.78 is 39.7. The fourth-order valence-electron chi connectivity index (χ4n) is 2.52. The van der Waals surface area contributed by atoms with Crippen LogP contribution < -0.4 is 4.74 Å². The Morgan fingerprint density at radius 2 is 2.12 bits per heavy atom. The SMILES string of the molecule is COC1=C(OC)C(CSc2nc3ccc(OC(F)F)cc3[nH]2)=NCC1. The smallest absolute Gasteiger partial charge is 0.387 e. The van der Waals surface area contributed by atoms with Crippen molar-refractivity contribution >= 4 is 28.5 Å². The second-order valence-electron chi connectivity index (χ2n) is 5.13. The van der Waals surface area contributed by atoms with E-state index < -0.39 is 6.61 Å². The predicted octanol–water partition coefficient (Wildman–Crippen LogP) is 3.61. The predicted molar refractivity (Wildman–Crippen MR) is 91.4 cm³/mol. The number of halogens is 2. The van der Waals surface area contributed by atoms with Crippen LogP contribution >= 0.6 is 11.8 Å². The first-order valence-corrected chi connectivity index (χ1v) is 8.51. The van der Waals surface area contributed by atoms with Gasteiger partial charge >= 0.3 is 6.61 Å². The van der Waals surface area contributed by atoms with Gasteiger partial charge in [0.1, 0.15) is 11.5 Å². The van der Waals surface area contributed by atoms with E-state index in [1.54, 1.807) is 20.3 Å². The summed E-state index contributed by atoms with van der Waals surface area (Å²) in [6.45, 7) is -2.20. The highest BCUT2D eigenvalue weighted by Crippen LogP contribution is 2.26. The molecular formula is C16H17F2N3O3S. The number of hydrogen-bond donors (Lipinski definition) is 1. The largest absolute Gasteiger partial charge is 0.497 e. The van der Waals surface area contributed by atoms with Crippen molar-refractivity contribution in [3.05, 3.63) is 29.7 Å². The van der Waals surface area contributed by atoms with E-state index >= 15 is 0 Å². The van der Waals surface area contributed by atoms with Gasteiger partial charge in [0.05, 0.1) is 31.0 Å². The lowest BCUT2D eigenvalue weighted by Gasteiger charge is -2.18. The number of fused-ring (bicyclic) bond motifs is 1. The molecule has 0 bridgehead atoms. The molecule has 1 aromatic carbocycles. The average molecular weight is 369 g/mol. The third kappa shape index (κ3) is 4.04. The van der Waals surface area contributed by atoms with Gasteiger partial charge in [0.15, 0.2) is 10.9 Å². The van der Waals surface area contributed by atoms with Crippen molar-refractivity contribution in [2.24, 2.45) is 4.99 Å². The zero-order chi connectivity index (χ0) is 17.8. The van der Waals surface area contributed by atoms with E-state index in [4.69, 9.17) is 9.47 Å². The monoisotopic (exact) mass is 369 g/mol. The van der Waals surface area contributed by atoms with Crippen molar-refractivity contribution in [3.8, 4) is 5.75 Å². The van der Waals surface area contributed by atoms with Crippen LogP contribution in [0.3, 0.4) is 0 Å². The number of alkyl halides is 2. The van der Waals surface area contributed by atoms with Gasteiger partial charge in [-0.05, 0) is 12.1 Å². The minimum Gasteiger partial charge on any atom is -0.497 e. The number of aromatic nitrogens is 2. The van der Waals surface area contributed by atoms with Crippen LogP contribution in [-0.2, 0) is 9.47 Å². The number of dihydropyridines is 1. The molecule has 9 heteroatoms. The van der Waals surface area contributed by atoms with E-state index in [-0.39, 0.29) is 5.75 Å². The number of methoxy groups -OCH3 is 2. The first-order chi connectivity index (χ1) is 12.1. The molecule has 1 aromatic heterocycles. The Balaban J connectivity index is 1.73. The average Bonchev–Trinajstić information content (AvgIpc) is 3.01. The highest BCUT2D eigenvalue weighted by molar-refractivity contribution is 7.99. The Hall–Kier alpha value is -2.29. The number of ether oxygens (including phenoxy) is 3. The maximum atomic E-state index is 12.3. The van der Waals surface area contributed by atoms with Crippen LogP contribution in [0.2, 0.25) is 0 Å². The lowest BCUT2D eigenvalue weighted by Crippen LogP contribution is -2.17. The van der Waals surface area contributed by atoms with E-state index in [9.17, 15) is 8.78 Å². The standard InChI is InChI=1S/C16H17F2N3O3S/c1-22-13-5-6-19-12(14(13)23-2)8-25-16-20-10-4-3-9(24-15(17)18)7-11(10)21-16/h3-4,7,15H,5-6,8H2,1-2H3,(H,20,21). The number of imidazole rings is 1. The number of H-pyrrole nitrogens is 1. The zero-order valence-corrected chi connectivity index (χ0v) is 14.5. The number of aliphatic imine (C=N–C) groups is 1. The van der Waals surface area contributed by atoms with Gasteiger partial charge in [0.25, 0.3) is 0 Å². The quantitative estimate of drug-likeness (QED) is 0.755. The van der Waals surface area contributed by atoms with Gasteiger partial charge in [-0.25, -0.2) is 4.98 Å². The van der Waals surface area contributed by atoms with Crippen molar-refractivity contribution in [2.75, 3.05) is 26.5 Å². The van der Waals surface area contributed by atoms with Gasteiger partial charge in [0.2, 0.25) is 0 Å². The van der Waals surface area contributed by atoms with E-state index in [0.29, 0.717) is 40.7 Å². The lowest BCUT2D eigenvalue weighted by molar-refractivity contribution is -0.0497. The van der Waals surface area contributed by atoms with Crippen molar-refractivity contribution in [1.29, 1.82) is 0 Å². The Morgan fingerprint density at radius 3 is 2.84 bits per heavy atom. The zero-order valence-electron chi connectivity index (χ0n) is 13.7. The van der Waals surface area contributed by atoms with E-state index in [2.05, 4.69) is 19.7 Å². The second kappa shape index (κ2) is 7.73. The van der Waals surface area contributed by atoms with Gasteiger partial charge in [-0.3, -0.25) is 4.99 Å². The summed E-state index contributed by atoms with van der Waals surface area (Å²) in [6, 6.07) is 4.60. The van der Waals surface area contributed by atoms with Gasteiger partial charge in [0, 0.05) is 24.8 Å². The second-order valence-corrected chi connectivity index (χ2v) is 6.09. The Morgan fingerprint density at radius 1 is 1.28 bits per heavy atom. The normalized spacial score (nSPS) is 14.8. The summed E-state index contributed by atoms with van der Waals surface area (Å²) in [5.41, 5.74) is 2.11. The number of aromatic amines is 1. The molecule has 1 N–H and O–H groups in total.